The van der Waals surface area contributed by atoms with Crippen LogP contribution < -0.4 is 5.32 Å². The van der Waals surface area contributed by atoms with Crippen LogP contribution in [0.5, 0.6) is 0 Å². The van der Waals surface area contributed by atoms with Crippen LogP contribution in [0.3, 0.4) is 0 Å². The summed E-state index contributed by atoms with van der Waals surface area (Å²) in [5, 5.41) is 7.92. The van der Waals surface area contributed by atoms with Gasteiger partial charge in [-0.05, 0) is 32.0 Å². The van der Waals surface area contributed by atoms with Gasteiger partial charge in [-0.2, -0.15) is 0 Å². The minimum absolute atomic E-state index is 0.524. The van der Waals surface area contributed by atoms with E-state index >= 15 is 0 Å². The van der Waals surface area contributed by atoms with Crippen molar-refractivity contribution in [2.24, 2.45) is 5.16 Å². The lowest BCUT2D eigenvalue weighted by atomic mass is 10.2. The number of nitrogens with one attached hydrogen (secondary N) is 1. The van der Waals surface area contributed by atoms with Gasteiger partial charge >= 0.3 is 6.09 Å². The smallest absolute Gasteiger partial charge is 0.297 e. The first-order valence-corrected chi connectivity index (χ1v) is 9.04. The van der Waals surface area contributed by atoms with E-state index in [0.29, 0.717) is 16.4 Å². The van der Waals surface area contributed by atoms with Gasteiger partial charge in [0.25, 0.3) is 0 Å². The highest BCUT2D eigenvalue weighted by molar-refractivity contribution is 7.17. The van der Waals surface area contributed by atoms with Gasteiger partial charge in [-0.3, -0.25) is 10.2 Å². The summed E-state index contributed by atoms with van der Waals surface area (Å²) < 4.78 is 0. The van der Waals surface area contributed by atoms with Gasteiger partial charge in [-0.1, -0.05) is 53.2 Å². The van der Waals surface area contributed by atoms with Crippen LogP contribution in [0.15, 0.2) is 59.8 Å². The number of hydrogen-bond acceptors (Lipinski definition) is 5. The highest BCUT2D eigenvalue weighted by Crippen LogP contribution is 2.28. The van der Waals surface area contributed by atoms with Gasteiger partial charge in [0.1, 0.15) is 5.01 Å². The summed E-state index contributed by atoms with van der Waals surface area (Å²) in [6, 6.07) is 16.7. The lowest BCUT2D eigenvalue weighted by molar-refractivity contribution is 0.166. The molecule has 0 spiro atoms. The number of hydrogen-bond donors (Lipinski definition) is 1. The van der Waals surface area contributed by atoms with Crippen molar-refractivity contribution in [2.45, 2.75) is 13.8 Å². The molecule has 1 heterocycles. The number of amides is 1. The van der Waals surface area contributed by atoms with Crippen molar-refractivity contribution in [3.8, 4) is 10.6 Å². The van der Waals surface area contributed by atoms with E-state index in [4.69, 9.17) is 16.4 Å². The summed E-state index contributed by atoms with van der Waals surface area (Å²) in [6.45, 7) is 3.69. The van der Waals surface area contributed by atoms with E-state index in [1.807, 2.05) is 37.3 Å². The Morgan fingerprint density at radius 2 is 1.96 bits per heavy atom. The molecule has 0 bridgehead atoms. The second-order valence-corrected chi connectivity index (χ2v) is 6.93. The molecule has 0 unspecified atom stereocenters. The topological polar surface area (TPSA) is 63.6 Å². The van der Waals surface area contributed by atoms with Gasteiger partial charge in [-0.25, -0.2) is 9.78 Å². The van der Waals surface area contributed by atoms with Crippen molar-refractivity contribution in [2.75, 3.05) is 5.32 Å². The van der Waals surface area contributed by atoms with E-state index in [9.17, 15) is 4.79 Å². The number of anilines is 1. The first kappa shape index (κ1) is 18.1. The molecular weight excluding hydrogens is 370 g/mol. The van der Waals surface area contributed by atoms with Gasteiger partial charge < -0.3 is 0 Å². The number of halogens is 1. The van der Waals surface area contributed by atoms with Gasteiger partial charge in [0.2, 0.25) is 0 Å². The van der Waals surface area contributed by atoms with E-state index in [0.717, 1.165) is 21.1 Å². The van der Waals surface area contributed by atoms with Crippen LogP contribution in [0.25, 0.3) is 10.6 Å². The number of carbonyl (C=O) groups is 1. The molecule has 0 aliphatic carbocycles. The molecule has 3 aromatic rings. The molecule has 0 radical (unpaired) electrons. The molecule has 1 amide bonds. The number of aromatic nitrogens is 1. The summed E-state index contributed by atoms with van der Waals surface area (Å²) in [6.07, 6.45) is -0.683. The average Bonchev–Trinajstić information content (AvgIpc) is 3.02. The van der Waals surface area contributed by atoms with Gasteiger partial charge in [-0.15, -0.1) is 11.3 Å². The van der Waals surface area contributed by atoms with Crippen molar-refractivity contribution >= 4 is 40.4 Å². The summed E-state index contributed by atoms with van der Waals surface area (Å²) in [5.41, 5.74) is 3.01. The molecule has 0 aliphatic heterocycles. The van der Waals surface area contributed by atoms with Crippen LogP contribution in [-0.4, -0.2) is 16.8 Å². The van der Waals surface area contributed by atoms with E-state index < -0.39 is 6.09 Å². The lowest BCUT2D eigenvalue weighted by Gasteiger charge is -2.03. The normalized spacial score (nSPS) is 11.3. The number of oxime groups is 1. The number of thiazole rings is 1. The Balaban J connectivity index is 1.70. The van der Waals surface area contributed by atoms with Crippen LogP contribution >= 0.6 is 22.9 Å². The Morgan fingerprint density at radius 1 is 1.19 bits per heavy atom. The third-order valence-corrected chi connectivity index (χ3v) is 5.03. The Labute approximate surface area is 160 Å². The molecule has 1 aromatic heterocycles. The third kappa shape index (κ3) is 4.47. The van der Waals surface area contributed by atoms with E-state index in [1.165, 1.54) is 11.3 Å². The number of nitrogens with zero attached hydrogens (tertiary/aromatic N) is 2. The van der Waals surface area contributed by atoms with Crippen molar-refractivity contribution in [3.05, 3.63) is 70.2 Å². The van der Waals surface area contributed by atoms with Crippen LogP contribution in [0.1, 0.15) is 17.5 Å². The van der Waals surface area contributed by atoms with Crippen LogP contribution in [0.4, 0.5) is 10.5 Å². The average molecular weight is 386 g/mol. The highest BCUT2D eigenvalue weighted by Gasteiger charge is 2.13. The third-order valence-electron chi connectivity index (χ3n) is 3.48. The largest absolute Gasteiger partial charge is 0.437 e. The summed E-state index contributed by atoms with van der Waals surface area (Å²) in [7, 11) is 0. The molecule has 2 aromatic carbocycles. The molecule has 1 N–H and O–H groups in total. The summed E-state index contributed by atoms with van der Waals surface area (Å²) >= 11 is 7.39. The Morgan fingerprint density at radius 3 is 2.69 bits per heavy atom. The summed E-state index contributed by atoms with van der Waals surface area (Å²) in [5.74, 6) is 0. The zero-order valence-corrected chi connectivity index (χ0v) is 15.8. The number of benzene rings is 2. The molecule has 3 rings (SSSR count). The number of carbonyl (C=O) groups excluding carboxylic acids is 1. The maximum Gasteiger partial charge on any atom is 0.437 e. The molecule has 26 heavy (non-hydrogen) atoms. The molecule has 0 atom stereocenters. The molecule has 0 fully saturated rings. The fraction of sp³-hybridized carbons (Fsp3) is 0.105. The minimum Gasteiger partial charge on any atom is -0.297 e. The lowest BCUT2D eigenvalue weighted by Crippen LogP contribution is -2.11. The molecule has 132 valence electrons. The standard InChI is InChI=1S/C19H16ClN3O2S/c1-12-17(26-18(21-12)14-7-4-3-5-8-14)13(2)23-25-19(24)22-16-10-6-9-15(20)11-16/h3-11H,1-2H3,(H,22,24)/b23-13-. The second-order valence-electron chi connectivity index (χ2n) is 5.49. The maximum atomic E-state index is 11.9. The van der Waals surface area contributed by atoms with Crippen molar-refractivity contribution < 1.29 is 9.63 Å². The summed E-state index contributed by atoms with van der Waals surface area (Å²) in [4.78, 5) is 22.3. The van der Waals surface area contributed by atoms with Gasteiger partial charge in [0.15, 0.2) is 0 Å². The first-order valence-electron chi connectivity index (χ1n) is 7.84. The van der Waals surface area contributed by atoms with Crippen LogP contribution in [-0.2, 0) is 4.84 Å². The van der Waals surface area contributed by atoms with Crippen molar-refractivity contribution in [3.63, 3.8) is 0 Å². The van der Waals surface area contributed by atoms with E-state index in [-0.39, 0.29) is 0 Å². The predicted molar refractivity (Wildman–Crippen MR) is 106 cm³/mol. The zero-order valence-electron chi connectivity index (χ0n) is 14.2. The second kappa shape index (κ2) is 8.12. The molecular formula is C19H16ClN3O2S. The SMILES string of the molecule is C/C(=N/OC(=O)Nc1cccc(Cl)c1)c1sc(-c2ccccc2)nc1C. The monoisotopic (exact) mass is 385 g/mol. The quantitative estimate of drug-likeness (QED) is 0.353. The Kier molecular flexibility index (Phi) is 5.65. The molecule has 0 saturated carbocycles. The van der Waals surface area contributed by atoms with E-state index in [1.54, 1.807) is 31.2 Å². The molecule has 7 heteroatoms. The molecule has 0 saturated heterocycles. The molecule has 5 nitrogen and oxygen atoms in total. The molecule has 0 aliphatic rings. The van der Waals surface area contributed by atoms with Crippen LogP contribution in [0, 0.1) is 6.92 Å². The van der Waals surface area contributed by atoms with Gasteiger partial charge in [0, 0.05) is 16.3 Å². The van der Waals surface area contributed by atoms with E-state index in [2.05, 4.69) is 15.5 Å². The predicted octanol–water partition coefficient (Wildman–Crippen LogP) is 5.74. The fourth-order valence-corrected chi connectivity index (χ4v) is 3.49. The maximum absolute atomic E-state index is 11.9. The highest BCUT2D eigenvalue weighted by atomic mass is 35.5. The number of aryl methyl sites for hydroxylation is 1. The zero-order chi connectivity index (χ0) is 18.5. The van der Waals surface area contributed by atoms with Crippen LogP contribution in [0.2, 0.25) is 5.02 Å². The Bertz CT molecular complexity index is 954. The minimum atomic E-state index is -0.683. The van der Waals surface area contributed by atoms with Crippen molar-refractivity contribution in [1.29, 1.82) is 0 Å². The Hall–Kier alpha value is -2.70. The van der Waals surface area contributed by atoms with Gasteiger partial charge in [0.05, 0.1) is 16.3 Å². The first-order chi connectivity index (χ1) is 12.5. The number of rotatable bonds is 4. The van der Waals surface area contributed by atoms with Crippen molar-refractivity contribution in [1.82, 2.24) is 4.98 Å². The fourth-order valence-electron chi connectivity index (χ4n) is 2.29.